The summed E-state index contributed by atoms with van der Waals surface area (Å²) in [5.74, 6) is -4.07. The van der Waals surface area contributed by atoms with Gasteiger partial charge in [0, 0.05) is 25.1 Å². The minimum absolute atomic E-state index is 0.0323. The van der Waals surface area contributed by atoms with Gasteiger partial charge in [0.15, 0.2) is 0 Å². The minimum atomic E-state index is -2.90. The molecular weight excluding hydrogens is 381 g/mol. The van der Waals surface area contributed by atoms with Crippen LogP contribution < -0.4 is 4.65 Å². The fourth-order valence-corrected chi connectivity index (χ4v) is 3.10. The number of benzene rings is 1. The molecule has 0 bridgehead atoms. The van der Waals surface area contributed by atoms with Crippen molar-refractivity contribution in [3.63, 3.8) is 0 Å². The first kappa shape index (κ1) is 23.3. The molecule has 0 fully saturated rings. The second kappa shape index (κ2) is 9.24. The molecule has 0 saturated carbocycles. The average Bonchev–Trinajstić information content (AvgIpc) is 2.58. The average molecular weight is 410 g/mol. The minimum Gasteiger partial charge on any atom is -0.535 e. The van der Waals surface area contributed by atoms with Gasteiger partial charge in [-0.15, -0.1) is 0 Å². The molecule has 1 heterocycles. The monoisotopic (exact) mass is 410 g/mol. The highest BCUT2D eigenvalue weighted by Gasteiger charge is 2.38. The molecule has 0 amide bonds. The zero-order chi connectivity index (χ0) is 21.8. The van der Waals surface area contributed by atoms with Gasteiger partial charge in [-0.25, -0.2) is 13.6 Å². The molecule has 1 atom stereocenters. The summed E-state index contributed by atoms with van der Waals surface area (Å²) in [5.41, 5.74) is 0.940. The standard InChI is InChI=1S/C21H29BF2O5/c1-20(2,3)10-11-28-19(26)17-7-5-6-14-12-15(22(27)29-18(14)17)13-16(25)8-9-21(4,23)24/h5-7,15,27H,8-13H2,1-4H3/t15-/m1/s1. The van der Waals surface area contributed by atoms with E-state index >= 15 is 0 Å². The van der Waals surface area contributed by atoms with Gasteiger partial charge in [0.05, 0.1) is 6.61 Å². The Morgan fingerprint density at radius 3 is 2.55 bits per heavy atom. The van der Waals surface area contributed by atoms with E-state index in [1.807, 2.05) is 20.8 Å². The highest BCUT2D eigenvalue weighted by atomic mass is 19.3. The Balaban J connectivity index is 2.02. The zero-order valence-electron chi connectivity index (χ0n) is 17.5. The maximum Gasteiger partial charge on any atom is 0.526 e. The Kier molecular flexibility index (Phi) is 7.43. The molecule has 160 valence electrons. The van der Waals surface area contributed by atoms with E-state index in [1.54, 1.807) is 18.2 Å². The number of ketones is 1. The Hall–Kier alpha value is -1.96. The highest BCUT2D eigenvalue weighted by molar-refractivity contribution is 6.47. The van der Waals surface area contributed by atoms with E-state index in [9.17, 15) is 23.4 Å². The Labute approximate surface area is 170 Å². The predicted molar refractivity (Wildman–Crippen MR) is 106 cm³/mol. The summed E-state index contributed by atoms with van der Waals surface area (Å²) in [4.78, 5) is 24.5. The van der Waals surface area contributed by atoms with Gasteiger partial charge in [-0.05, 0) is 36.8 Å². The summed E-state index contributed by atoms with van der Waals surface area (Å²) in [6.45, 7) is 7.19. The molecule has 0 aliphatic carbocycles. The van der Waals surface area contributed by atoms with E-state index in [2.05, 4.69) is 0 Å². The van der Waals surface area contributed by atoms with Crippen LogP contribution in [0, 0.1) is 5.41 Å². The summed E-state index contributed by atoms with van der Waals surface area (Å²) in [5, 5.41) is 10.3. The van der Waals surface area contributed by atoms with Crippen molar-refractivity contribution in [2.24, 2.45) is 5.41 Å². The second-order valence-electron chi connectivity index (χ2n) is 9.03. The van der Waals surface area contributed by atoms with E-state index < -0.39 is 31.2 Å². The lowest BCUT2D eigenvalue weighted by molar-refractivity contribution is -0.121. The lowest BCUT2D eigenvalue weighted by Crippen LogP contribution is -2.36. The van der Waals surface area contributed by atoms with Gasteiger partial charge in [-0.2, -0.15) is 0 Å². The van der Waals surface area contributed by atoms with Crippen molar-refractivity contribution in [2.45, 2.75) is 71.5 Å². The van der Waals surface area contributed by atoms with Crippen LogP contribution in [0.25, 0.3) is 0 Å². The summed E-state index contributed by atoms with van der Waals surface area (Å²) < 4.78 is 36.8. The maximum atomic E-state index is 12.9. The molecule has 8 heteroatoms. The molecule has 29 heavy (non-hydrogen) atoms. The Morgan fingerprint density at radius 1 is 1.24 bits per heavy atom. The topological polar surface area (TPSA) is 72.8 Å². The van der Waals surface area contributed by atoms with E-state index in [0.29, 0.717) is 18.4 Å². The SMILES string of the molecule is CC(C)(C)CCOC(=O)c1cccc2c1OB(O)[C@@H](CC(=O)CCC(C)(F)F)C2. The molecule has 1 N–H and O–H groups in total. The molecular formula is C21H29BF2O5. The number of fused-ring (bicyclic) bond motifs is 1. The van der Waals surface area contributed by atoms with Crippen molar-refractivity contribution in [3.05, 3.63) is 29.3 Å². The number of hydrogen-bond acceptors (Lipinski definition) is 5. The first-order chi connectivity index (χ1) is 13.4. The van der Waals surface area contributed by atoms with Crippen LogP contribution in [0.15, 0.2) is 18.2 Å². The third-order valence-electron chi connectivity index (χ3n) is 4.86. The van der Waals surface area contributed by atoms with Crippen LogP contribution in [-0.2, 0) is 16.0 Å². The van der Waals surface area contributed by atoms with Crippen LogP contribution >= 0.6 is 0 Å². The Morgan fingerprint density at radius 2 is 1.93 bits per heavy atom. The van der Waals surface area contributed by atoms with Crippen LogP contribution in [0.4, 0.5) is 8.78 Å². The predicted octanol–water partition coefficient (Wildman–Crippen LogP) is 4.46. The van der Waals surface area contributed by atoms with Gasteiger partial charge in [-0.3, -0.25) is 4.79 Å². The summed E-state index contributed by atoms with van der Waals surface area (Å²) in [7, 11) is -1.29. The normalized spacial score (nSPS) is 16.8. The smallest absolute Gasteiger partial charge is 0.526 e. The number of carbonyl (C=O) groups is 2. The fraction of sp³-hybridized carbons (Fsp3) is 0.619. The quantitative estimate of drug-likeness (QED) is 0.506. The molecule has 1 aromatic carbocycles. The maximum absolute atomic E-state index is 12.9. The van der Waals surface area contributed by atoms with E-state index in [0.717, 1.165) is 6.92 Å². The largest absolute Gasteiger partial charge is 0.535 e. The van der Waals surface area contributed by atoms with Crippen LogP contribution in [-0.4, -0.2) is 36.4 Å². The first-order valence-electron chi connectivity index (χ1n) is 9.89. The summed E-state index contributed by atoms with van der Waals surface area (Å²) in [6.07, 6.45) is 0.194. The van der Waals surface area contributed by atoms with Crippen LogP contribution in [0.1, 0.15) is 69.3 Å². The third kappa shape index (κ3) is 7.42. The van der Waals surface area contributed by atoms with Gasteiger partial charge in [-0.1, -0.05) is 32.9 Å². The molecule has 0 unspecified atom stereocenters. The number of ether oxygens (including phenoxy) is 1. The molecule has 1 aliphatic heterocycles. The molecule has 1 aromatic rings. The van der Waals surface area contributed by atoms with Crippen molar-refractivity contribution in [3.8, 4) is 5.75 Å². The summed E-state index contributed by atoms with van der Waals surface area (Å²) >= 11 is 0. The number of para-hydroxylation sites is 1. The van der Waals surface area contributed by atoms with Crippen molar-refractivity contribution in [2.75, 3.05) is 6.61 Å². The van der Waals surface area contributed by atoms with Gasteiger partial charge in [0.1, 0.15) is 17.1 Å². The zero-order valence-corrected chi connectivity index (χ0v) is 17.5. The van der Waals surface area contributed by atoms with Crippen molar-refractivity contribution in [1.29, 1.82) is 0 Å². The van der Waals surface area contributed by atoms with Crippen LogP contribution in [0.3, 0.4) is 0 Å². The van der Waals surface area contributed by atoms with Gasteiger partial charge in [0.25, 0.3) is 0 Å². The van der Waals surface area contributed by atoms with E-state index in [-0.39, 0.29) is 42.0 Å². The number of carbonyl (C=O) groups excluding carboxylic acids is 2. The van der Waals surface area contributed by atoms with Crippen molar-refractivity contribution in [1.82, 2.24) is 0 Å². The fourth-order valence-electron chi connectivity index (χ4n) is 3.10. The molecule has 0 spiro atoms. The third-order valence-corrected chi connectivity index (χ3v) is 4.86. The highest BCUT2D eigenvalue weighted by Crippen LogP contribution is 2.37. The van der Waals surface area contributed by atoms with Crippen molar-refractivity contribution < 1.29 is 32.8 Å². The summed E-state index contributed by atoms with van der Waals surface area (Å²) in [6, 6.07) is 5.02. The van der Waals surface area contributed by atoms with Gasteiger partial charge < -0.3 is 14.4 Å². The molecule has 1 aliphatic rings. The molecule has 2 rings (SSSR count). The molecule has 5 nitrogen and oxygen atoms in total. The molecule has 0 aromatic heterocycles. The first-order valence-corrected chi connectivity index (χ1v) is 9.89. The van der Waals surface area contributed by atoms with Crippen LogP contribution in [0.2, 0.25) is 5.82 Å². The van der Waals surface area contributed by atoms with Gasteiger partial charge in [0.2, 0.25) is 5.92 Å². The van der Waals surface area contributed by atoms with Gasteiger partial charge >= 0.3 is 13.1 Å². The number of hydrogen-bond donors (Lipinski definition) is 1. The van der Waals surface area contributed by atoms with Crippen LogP contribution in [0.5, 0.6) is 5.75 Å². The van der Waals surface area contributed by atoms with E-state index in [4.69, 9.17) is 9.39 Å². The lowest BCUT2D eigenvalue weighted by atomic mass is 9.64. The Bertz CT molecular complexity index is 740. The van der Waals surface area contributed by atoms with Crippen molar-refractivity contribution >= 4 is 18.9 Å². The lowest BCUT2D eigenvalue weighted by Gasteiger charge is -2.28. The second-order valence-corrected chi connectivity index (χ2v) is 9.03. The number of alkyl halides is 2. The number of rotatable bonds is 8. The molecule has 0 saturated heterocycles. The number of halogens is 2. The number of Topliss-reactive ketones (excluding diaryl/α,β-unsaturated/α-hetero) is 1. The van der Waals surface area contributed by atoms with E-state index in [1.165, 1.54) is 0 Å². The number of esters is 1. The molecule has 0 radical (unpaired) electrons.